The molecule has 2 aliphatic rings. The molecule has 0 radical (unpaired) electrons. The second-order valence-electron chi connectivity index (χ2n) is 5.56. The average molecular weight is 277 g/mol. The van der Waals surface area contributed by atoms with Crippen LogP contribution in [0.5, 0.6) is 5.75 Å². The minimum Gasteiger partial charge on any atom is -0.492 e. The van der Waals surface area contributed by atoms with Gasteiger partial charge in [-0.05, 0) is 18.1 Å². The summed E-state index contributed by atoms with van der Waals surface area (Å²) in [7, 11) is 0. The van der Waals surface area contributed by atoms with E-state index in [0.29, 0.717) is 26.1 Å². The largest absolute Gasteiger partial charge is 0.492 e. The zero-order valence-electron chi connectivity index (χ0n) is 11.3. The summed E-state index contributed by atoms with van der Waals surface area (Å²) in [6, 6.07) is 7.77. The summed E-state index contributed by atoms with van der Waals surface area (Å²) < 4.78 is 10.8. The number of carbonyl (C=O) groups is 1. The number of aliphatic hydroxyl groups is 1. The van der Waals surface area contributed by atoms with Crippen molar-refractivity contribution < 1.29 is 19.4 Å². The Morgan fingerprint density at radius 1 is 1.45 bits per heavy atom. The van der Waals surface area contributed by atoms with E-state index in [0.717, 1.165) is 11.3 Å². The highest BCUT2D eigenvalue weighted by Crippen LogP contribution is 2.27. The molecule has 2 unspecified atom stereocenters. The van der Waals surface area contributed by atoms with E-state index in [2.05, 4.69) is 5.32 Å². The Bertz CT molecular complexity index is 496. The van der Waals surface area contributed by atoms with Crippen LogP contribution in [-0.4, -0.2) is 43.0 Å². The summed E-state index contributed by atoms with van der Waals surface area (Å²) in [5.41, 5.74) is 0.144. The van der Waals surface area contributed by atoms with Gasteiger partial charge in [0.15, 0.2) is 0 Å². The standard InChI is InChI=1S/C15H19NO4/c17-14(16-9-15(18)5-6-19-10-15)12-7-11-3-1-2-4-13(11)20-8-12/h1-4,12,18H,5-10H2,(H,16,17). The molecular formula is C15H19NO4. The van der Waals surface area contributed by atoms with Crippen LogP contribution in [0.25, 0.3) is 0 Å². The molecule has 1 fully saturated rings. The highest BCUT2D eigenvalue weighted by Gasteiger charge is 2.34. The number of benzene rings is 1. The van der Waals surface area contributed by atoms with Crippen molar-refractivity contribution >= 4 is 5.91 Å². The first kappa shape index (κ1) is 13.4. The van der Waals surface area contributed by atoms with E-state index in [9.17, 15) is 9.90 Å². The first-order valence-corrected chi connectivity index (χ1v) is 6.95. The molecule has 2 atom stereocenters. The smallest absolute Gasteiger partial charge is 0.226 e. The van der Waals surface area contributed by atoms with Crippen molar-refractivity contribution in [2.45, 2.75) is 18.4 Å². The van der Waals surface area contributed by atoms with Gasteiger partial charge in [0.2, 0.25) is 5.91 Å². The molecule has 1 saturated heterocycles. The topological polar surface area (TPSA) is 67.8 Å². The molecule has 0 bridgehead atoms. The number of nitrogens with one attached hydrogen (secondary N) is 1. The van der Waals surface area contributed by atoms with Crippen LogP contribution in [0.3, 0.4) is 0 Å². The Hall–Kier alpha value is -1.59. The van der Waals surface area contributed by atoms with Gasteiger partial charge >= 0.3 is 0 Å². The fourth-order valence-electron chi connectivity index (χ4n) is 2.63. The number of hydrogen-bond donors (Lipinski definition) is 2. The predicted molar refractivity (Wildman–Crippen MR) is 72.5 cm³/mol. The number of amides is 1. The van der Waals surface area contributed by atoms with E-state index in [1.807, 2.05) is 24.3 Å². The van der Waals surface area contributed by atoms with Gasteiger partial charge in [0.1, 0.15) is 18.0 Å². The maximum atomic E-state index is 12.2. The van der Waals surface area contributed by atoms with E-state index in [1.165, 1.54) is 0 Å². The SMILES string of the molecule is O=C(NCC1(O)CCOC1)C1COc2ccccc2C1. The summed E-state index contributed by atoms with van der Waals surface area (Å²) in [5.74, 6) is 0.593. The van der Waals surface area contributed by atoms with Crippen molar-refractivity contribution in [3.8, 4) is 5.75 Å². The molecule has 5 heteroatoms. The molecule has 0 spiro atoms. The van der Waals surface area contributed by atoms with Crippen LogP contribution < -0.4 is 10.1 Å². The fourth-order valence-corrected chi connectivity index (χ4v) is 2.63. The minimum atomic E-state index is -0.914. The second-order valence-corrected chi connectivity index (χ2v) is 5.56. The molecule has 108 valence electrons. The fraction of sp³-hybridized carbons (Fsp3) is 0.533. The van der Waals surface area contributed by atoms with Gasteiger partial charge in [-0.15, -0.1) is 0 Å². The van der Waals surface area contributed by atoms with E-state index in [1.54, 1.807) is 0 Å². The Morgan fingerprint density at radius 3 is 3.10 bits per heavy atom. The van der Waals surface area contributed by atoms with E-state index in [-0.39, 0.29) is 25.0 Å². The molecule has 1 amide bonds. The van der Waals surface area contributed by atoms with Gasteiger partial charge in [0.05, 0.1) is 12.5 Å². The van der Waals surface area contributed by atoms with Crippen molar-refractivity contribution in [3.63, 3.8) is 0 Å². The minimum absolute atomic E-state index is 0.0696. The lowest BCUT2D eigenvalue weighted by Crippen LogP contribution is -2.46. The van der Waals surface area contributed by atoms with Gasteiger partial charge in [-0.1, -0.05) is 18.2 Å². The van der Waals surface area contributed by atoms with Crippen LogP contribution >= 0.6 is 0 Å². The summed E-state index contributed by atoms with van der Waals surface area (Å²) in [6.45, 7) is 1.46. The van der Waals surface area contributed by atoms with Gasteiger partial charge in [-0.25, -0.2) is 0 Å². The Kier molecular flexibility index (Phi) is 3.63. The third kappa shape index (κ3) is 2.78. The molecule has 3 rings (SSSR count). The van der Waals surface area contributed by atoms with Crippen molar-refractivity contribution in [3.05, 3.63) is 29.8 Å². The Morgan fingerprint density at radius 2 is 2.30 bits per heavy atom. The van der Waals surface area contributed by atoms with Crippen LogP contribution in [0.2, 0.25) is 0 Å². The van der Waals surface area contributed by atoms with Crippen molar-refractivity contribution in [2.24, 2.45) is 5.92 Å². The van der Waals surface area contributed by atoms with E-state index < -0.39 is 5.60 Å². The van der Waals surface area contributed by atoms with Crippen LogP contribution in [-0.2, 0) is 16.0 Å². The zero-order chi connectivity index (χ0) is 14.0. The Labute approximate surface area is 117 Å². The van der Waals surface area contributed by atoms with Crippen molar-refractivity contribution in [1.29, 1.82) is 0 Å². The van der Waals surface area contributed by atoms with Gasteiger partial charge in [0, 0.05) is 19.6 Å². The maximum Gasteiger partial charge on any atom is 0.226 e. The van der Waals surface area contributed by atoms with E-state index >= 15 is 0 Å². The molecule has 1 aromatic carbocycles. The van der Waals surface area contributed by atoms with Gasteiger partial charge in [0.25, 0.3) is 0 Å². The van der Waals surface area contributed by atoms with Gasteiger partial charge in [-0.3, -0.25) is 4.79 Å². The molecule has 1 aromatic rings. The molecule has 2 N–H and O–H groups in total. The predicted octanol–water partition coefficient (Wildman–Crippen LogP) is 0.505. The number of hydrogen-bond acceptors (Lipinski definition) is 4. The summed E-state index contributed by atoms with van der Waals surface area (Å²) in [6.07, 6.45) is 1.24. The molecule has 2 heterocycles. The Balaban J connectivity index is 1.56. The average Bonchev–Trinajstić information content (AvgIpc) is 2.91. The van der Waals surface area contributed by atoms with Crippen molar-refractivity contribution in [2.75, 3.05) is 26.4 Å². The van der Waals surface area contributed by atoms with Crippen molar-refractivity contribution in [1.82, 2.24) is 5.32 Å². The summed E-state index contributed by atoms with van der Waals surface area (Å²) in [5, 5.41) is 12.9. The lowest BCUT2D eigenvalue weighted by molar-refractivity contribution is -0.127. The normalized spacial score (nSPS) is 28.6. The molecule has 2 aliphatic heterocycles. The first-order chi connectivity index (χ1) is 9.66. The first-order valence-electron chi connectivity index (χ1n) is 6.95. The molecule has 0 aromatic heterocycles. The van der Waals surface area contributed by atoms with Crippen LogP contribution in [0.4, 0.5) is 0 Å². The summed E-state index contributed by atoms with van der Waals surface area (Å²) in [4.78, 5) is 12.2. The molecule has 0 aliphatic carbocycles. The second kappa shape index (κ2) is 5.42. The third-order valence-corrected chi connectivity index (χ3v) is 3.92. The zero-order valence-corrected chi connectivity index (χ0v) is 11.3. The van der Waals surface area contributed by atoms with Gasteiger partial charge in [-0.2, -0.15) is 0 Å². The van der Waals surface area contributed by atoms with Gasteiger partial charge < -0.3 is 19.9 Å². The third-order valence-electron chi connectivity index (χ3n) is 3.92. The lowest BCUT2D eigenvalue weighted by Gasteiger charge is -2.26. The lowest BCUT2D eigenvalue weighted by atomic mass is 9.95. The van der Waals surface area contributed by atoms with Crippen LogP contribution in [0, 0.1) is 5.92 Å². The van der Waals surface area contributed by atoms with E-state index in [4.69, 9.17) is 9.47 Å². The monoisotopic (exact) mass is 277 g/mol. The number of rotatable bonds is 3. The highest BCUT2D eigenvalue weighted by molar-refractivity contribution is 5.79. The highest BCUT2D eigenvalue weighted by atomic mass is 16.5. The van der Waals surface area contributed by atoms with Crippen LogP contribution in [0.15, 0.2) is 24.3 Å². The maximum absolute atomic E-state index is 12.2. The molecule has 0 saturated carbocycles. The number of fused-ring (bicyclic) bond motifs is 1. The molecular weight excluding hydrogens is 258 g/mol. The number of para-hydroxylation sites is 1. The number of ether oxygens (including phenoxy) is 2. The molecule has 5 nitrogen and oxygen atoms in total. The number of carbonyl (C=O) groups excluding carboxylic acids is 1. The molecule has 20 heavy (non-hydrogen) atoms. The summed E-state index contributed by atoms with van der Waals surface area (Å²) >= 11 is 0. The quantitative estimate of drug-likeness (QED) is 0.844. The van der Waals surface area contributed by atoms with Crippen LogP contribution in [0.1, 0.15) is 12.0 Å².